The Morgan fingerprint density at radius 2 is 2.05 bits per heavy atom. The van der Waals surface area contributed by atoms with Gasteiger partial charge in [0.25, 0.3) is 0 Å². The third kappa shape index (κ3) is 3.01. The van der Waals surface area contributed by atoms with Crippen molar-refractivity contribution in [2.75, 3.05) is 13.2 Å². The van der Waals surface area contributed by atoms with E-state index in [2.05, 4.69) is 11.8 Å². The fraction of sp³-hybridized carbons (Fsp3) is 0.647. The van der Waals surface area contributed by atoms with Crippen LogP contribution in [0.25, 0.3) is 0 Å². The summed E-state index contributed by atoms with van der Waals surface area (Å²) in [5.74, 6) is 1.12. The molecule has 1 aromatic rings. The number of fused-ring (bicyclic) bond motifs is 1. The smallest absolute Gasteiger partial charge is 0.127 e. The van der Waals surface area contributed by atoms with Crippen molar-refractivity contribution in [2.24, 2.45) is 5.73 Å². The molecule has 1 aliphatic heterocycles. The molecule has 1 saturated carbocycles. The summed E-state index contributed by atoms with van der Waals surface area (Å²) in [5.41, 5.74) is 7.27. The predicted octanol–water partition coefficient (Wildman–Crippen LogP) is 2.81. The van der Waals surface area contributed by atoms with Gasteiger partial charge in [-0.15, -0.1) is 0 Å². The molecule has 0 saturated heterocycles. The molecule has 0 radical (unpaired) electrons. The Kier molecular flexibility index (Phi) is 4.36. The van der Waals surface area contributed by atoms with Crippen molar-refractivity contribution in [3.8, 4) is 11.5 Å². The molecule has 21 heavy (non-hydrogen) atoms. The van der Waals surface area contributed by atoms with E-state index in [0.717, 1.165) is 31.6 Å². The predicted molar refractivity (Wildman–Crippen MR) is 83.6 cm³/mol. The maximum Gasteiger partial charge on any atom is 0.127 e. The third-order valence-corrected chi connectivity index (χ3v) is 4.85. The molecular formula is C17H26N2O2. The molecule has 0 aromatic heterocycles. The van der Waals surface area contributed by atoms with Crippen LogP contribution < -0.4 is 10.5 Å². The fourth-order valence-corrected chi connectivity index (χ4v) is 3.74. The zero-order valence-electron chi connectivity index (χ0n) is 12.8. The van der Waals surface area contributed by atoms with Gasteiger partial charge in [0.05, 0.1) is 6.04 Å². The number of nitrogens with zero attached hydrogens (tertiary/aromatic N) is 1. The molecule has 3 N–H and O–H groups in total. The van der Waals surface area contributed by atoms with Crippen LogP contribution >= 0.6 is 0 Å². The lowest BCUT2D eigenvalue weighted by Crippen LogP contribution is -2.43. The number of ether oxygens (including phenoxy) is 1. The maximum absolute atomic E-state index is 9.60. The monoisotopic (exact) mass is 290 g/mol. The zero-order valence-corrected chi connectivity index (χ0v) is 12.8. The normalized spacial score (nSPS) is 28.4. The quantitative estimate of drug-likeness (QED) is 0.895. The fourth-order valence-electron chi connectivity index (χ4n) is 3.74. The van der Waals surface area contributed by atoms with Gasteiger partial charge in [-0.05, 0) is 50.8 Å². The minimum absolute atomic E-state index is 0.278. The van der Waals surface area contributed by atoms with Gasteiger partial charge in [0, 0.05) is 23.7 Å². The molecule has 1 atom stereocenters. The third-order valence-electron chi connectivity index (χ3n) is 4.85. The summed E-state index contributed by atoms with van der Waals surface area (Å²) in [6.45, 7) is 4.02. The minimum Gasteiger partial charge on any atom is -0.508 e. The number of nitrogens with two attached hydrogens (primary N) is 1. The second-order valence-corrected chi connectivity index (χ2v) is 6.36. The number of rotatable bonds is 4. The van der Waals surface area contributed by atoms with Gasteiger partial charge in [0.2, 0.25) is 0 Å². The van der Waals surface area contributed by atoms with Crippen LogP contribution in [0.5, 0.6) is 11.5 Å². The van der Waals surface area contributed by atoms with Crippen molar-refractivity contribution < 1.29 is 9.84 Å². The summed E-state index contributed by atoms with van der Waals surface area (Å²) in [7, 11) is 0. The Morgan fingerprint density at radius 1 is 1.29 bits per heavy atom. The number of phenolic OH excluding ortho intramolecular Hbond substituents is 1. The van der Waals surface area contributed by atoms with E-state index in [1.165, 1.54) is 18.4 Å². The lowest BCUT2D eigenvalue weighted by atomic mass is 9.89. The lowest BCUT2D eigenvalue weighted by molar-refractivity contribution is 0.0848. The van der Waals surface area contributed by atoms with E-state index in [-0.39, 0.29) is 5.75 Å². The van der Waals surface area contributed by atoms with E-state index < -0.39 is 0 Å². The van der Waals surface area contributed by atoms with Crippen molar-refractivity contribution in [3.63, 3.8) is 0 Å². The summed E-state index contributed by atoms with van der Waals surface area (Å²) in [5, 5.41) is 9.60. The zero-order chi connectivity index (χ0) is 14.8. The average Bonchev–Trinajstić information content (AvgIpc) is 2.88. The van der Waals surface area contributed by atoms with Gasteiger partial charge in [-0.25, -0.2) is 0 Å². The first kappa shape index (κ1) is 14.7. The molecule has 1 aliphatic carbocycles. The maximum atomic E-state index is 9.60. The van der Waals surface area contributed by atoms with Gasteiger partial charge in [0.15, 0.2) is 0 Å². The SMILES string of the molecule is CCCN(C1CCC(N)CC1)C1COc2cc(O)ccc21. The van der Waals surface area contributed by atoms with Crippen LogP contribution in [0.15, 0.2) is 18.2 Å². The van der Waals surface area contributed by atoms with Crippen molar-refractivity contribution in [1.29, 1.82) is 0 Å². The van der Waals surface area contributed by atoms with E-state index in [0.29, 0.717) is 24.7 Å². The highest BCUT2D eigenvalue weighted by molar-refractivity contribution is 5.44. The first-order valence-electron chi connectivity index (χ1n) is 8.16. The van der Waals surface area contributed by atoms with E-state index in [1.807, 2.05) is 6.07 Å². The van der Waals surface area contributed by atoms with Crippen molar-refractivity contribution in [2.45, 2.75) is 57.2 Å². The standard InChI is InChI=1S/C17H26N2O2/c1-2-9-19(13-5-3-12(18)4-6-13)16-11-21-17-10-14(20)7-8-15(16)17/h7-8,10,12-13,16,20H,2-6,9,11,18H2,1H3. The van der Waals surface area contributed by atoms with Crippen molar-refractivity contribution in [3.05, 3.63) is 23.8 Å². The Morgan fingerprint density at radius 3 is 2.76 bits per heavy atom. The van der Waals surface area contributed by atoms with E-state index >= 15 is 0 Å². The minimum atomic E-state index is 0.278. The molecule has 3 rings (SSSR count). The molecule has 1 aromatic carbocycles. The topological polar surface area (TPSA) is 58.7 Å². The van der Waals surface area contributed by atoms with Crippen LogP contribution in [-0.2, 0) is 0 Å². The molecule has 1 unspecified atom stereocenters. The Hall–Kier alpha value is -1.26. The van der Waals surface area contributed by atoms with Crippen LogP contribution in [-0.4, -0.2) is 35.2 Å². The molecule has 4 heteroatoms. The van der Waals surface area contributed by atoms with Crippen LogP contribution in [0.3, 0.4) is 0 Å². The first-order chi connectivity index (χ1) is 10.2. The number of phenols is 1. The van der Waals surface area contributed by atoms with Crippen molar-refractivity contribution >= 4 is 0 Å². The lowest BCUT2D eigenvalue weighted by Gasteiger charge is -2.39. The number of aromatic hydroxyl groups is 1. The van der Waals surface area contributed by atoms with E-state index in [1.54, 1.807) is 12.1 Å². The van der Waals surface area contributed by atoms with Crippen molar-refractivity contribution in [1.82, 2.24) is 4.90 Å². The van der Waals surface area contributed by atoms with Crippen LogP contribution in [0, 0.1) is 0 Å². The van der Waals surface area contributed by atoms with Crippen LogP contribution in [0.1, 0.15) is 50.6 Å². The molecule has 1 heterocycles. The number of benzene rings is 1. The Balaban J connectivity index is 1.79. The summed E-state index contributed by atoms with van der Waals surface area (Å²) >= 11 is 0. The molecule has 1 fully saturated rings. The largest absolute Gasteiger partial charge is 0.508 e. The van der Waals surface area contributed by atoms with Gasteiger partial charge < -0.3 is 15.6 Å². The second kappa shape index (κ2) is 6.24. The molecule has 0 bridgehead atoms. The molecule has 0 spiro atoms. The summed E-state index contributed by atoms with van der Waals surface area (Å²) in [4.78, 5) is 2.61. The van der Waals surface area contributed by atoms with Gasteiger partial charge in [-0.3, -0.25) is 4.90 Å². The number of hydrogen-bond donors (Lipinski definition) is 2. The van der Waals surface area contributed by atoms with Crippen LogP contribution in [0.2, 0.25) is 0 Å². The summed E-state index contributed by atoms with van der Waals surface area (Å²) < 4.78 is 5.80. The second-order valence-electron chi connectivity index (χ2n) is 6.36. The summed E-state index contributed by atoms with van der Waals surface area (Å²) in [6, 6.07) is 6.82. The Labute approximate surface area is 126 Å². The van der Waals surface area contributed by atoms with Gasteiger partial charge in [-0.2, -0.15) is 0 Å². The highest BCUT2D eigenvalue weighted by Crippen LogP contribution is 2.40. The average molecular weight is 290 g/mol. The summed E-state index contributed by atoms with van der Waals surface area (Å²) in [6.07, 6.45) is 5.77. The molecule has 116 valence electrons. The molecule has 0 amide bonds. The highest BCUT2D eigenvalue weighted by atomic mass is 16.5. The molecule has 2 aliphatic rings. The first-order valence-corrected chi connectivity index (χ1v) is 8.16. The Bertz CT molecular complexity index is 484. The van der Waals surface area contributed by atoms with E-state index in [4.69, 9.17) is 10.5 Å². The number of hydrogen-bond acceptors (Lipinski definition) is 4. The van der Waals surface area contributed by atoms with Crippen LogP contribution in [0.4, 0.5) is 0 Å². The van der Waals surface area contributed by atoms with E-state index in [9.17, 15) is 5.11 Å². The molecular weight excluding hydrogens is 264 g/mol. The van der Waals surface area contributed by atoms with Gasteiger partial charge in [-0.1, -0.05) is 6.92 Å². The van der Waals surface area contributed by atoms with Gasteiger partial charge in [0.1, 0.15) is 18.1 Å². The highest BCUT2D eigenvalue weighted by Gasteiger charge is 2.34. The molecule has 4 nitrogen and oxygen atoms in total. The van der Waals surface area contributed by atoms with Gasteiger partial charge >= 0.3 is 0 Å².